The molecule has 5 nitrogen and oxygen atoms in total. The van der Waals surface area contributed by atoms with Crippen LogP contribution in [-0.2, 0) is 4.74 Å². The maximum Gasteiger partial charge on any atom is 0.338 e. The summed E-state index contributed by atoms with van der Waals surface area (Å²) in [5.41, 5.74) is 0.366. The van der Waals surface area contributed by atoms with Gasteiger partial charge in [-0.25, -0.2) is 4.79 Å². The predicted molar refractivity (Wildman–Crippen MR) is 89.5 cm³/mol. The number of esters is 1. The zero-order valence-electron chi connectivity index (χ0n) is 12.9. The molecule has 0 bridgehead atoms. The molecule has 2 rings (SSSR count). The SMILES string of the molecule is COc1cc(OC)cc(C(=O)OCCOc2ccc(Br)cc2)c1. The molecule has 2 aromatic carbocycles. The number of ether oxygens (including phenoxy) is 4. The molecule has 0 aliphatic heterocycles. The first-order chi connectivity index (χ1) is 11.1. The van der Waals surface area contributed by atoms with Crippen molar-refractivity contribution in [3.63, 3.8) is 0 Å². The summed E-state index contributed by atoms with van der Waals surface area (Å²) < 4.78 is 21.9. The Bertz CT molecular complexity index is 632. The van der Waals surface area contributed by atoms with Gasteiger partial charge in [0.25, 0.3) is 0 Å². The average molecular weight is 381 g/mol. The van der Waals surface area contributed by atoms with Gasteiger partial charge < -0.3 is 18.9 Å². The second-order valence-corrected chi connectivity index (χ2v) is 5.46. The molecule has 2 aromatic rings. The van der Waals surface area contributed by atoms with E-state index in [-0.39, 0.29) is 13.2 Å². The van der Waals surface area contributed by atoms with Gasteiger partial charge in [-0.3, -0.25) is 0 Å². The van der Waals surface area contributed by atoms with Crippen molar-refractivity contribution in [2.75, 3.05) is 27.4 Å². The maximum absolute atomic E-state index is 12.0. The van der Waals surface area contributed by atoms with Crippen molar-refractivity contribution in [2.24, 2.45) is 0 Å². The number of carbonyl (C=O) groups is 1. The number of hydrogen-bond acceptors (Lipinski definition) is 5. The summed E-state index contributed by atoms with van der Waals surface area (Å²) in [6.45, 7) is 0.420. The van der Waals surface area contributed by atoms with Crippen molar-refractivity contribution in [3.8, 4) is 17.2 Å². The van der Waals surface area contributed by atoms with Crippen LogP contribution in [0, 0.1) is 0 Å². The summed E-state index contributed by atoms with van der Waals surface area (Å²) in [7, 11) is 3.05. The zero-order valence-corrected chi connectivity index (χ0v) is 14.5. The van der Waals surface area contributed by atoms with Crippen LogP contribution in [0.2, 0.25) is 0 Å². The van der Waals surface area contributed by atoms with Crippen molar-refractivity contribution in [3.05, 3.63) is 52.5 Å². The van der Waals surface area contributed by atoms with Gasteiger partial charge in [-0.15, -0.1) is 0 Å². The second kappa shape index (κ2) is 8.43. The molecule has 0 aliphatic rings. The fraction of sp³-hybridized carbons (Fsp3) is 0.235. The van der Waals surface area contributed by atoms with E-state index < -0.39 is 5.97 Å². The fourth-order valence-electron chi connectivity index (χ4n) is 1.83. The molecule has 0 aliphatic carbocycles. The Kier molecular flexibility index (Phi) is 6.29. The topological polar surface area (TPSA) is 54.0 Å². The van der Waals surface area contributed by atoms with Crippen LogP contribution in [0.25, 0.3) is 0 Å². The summed E-state index contributed by atoms with van der Waals surface area (Å²) >= 11 is 3.35. The molecule has 0 amide bonds. The fourth-order valence-corrected chi connectivity index (χ4v) is 2.10. The number of halogens is 1. The third-order valence-corrected chi connectivity index (χ3v) is 3.51. The third-order valence-electron chi connectivity index (χ3n) is 2.99. The van der Waals surface area contributed by atoms with Crippen LogP contribution >= 0.6 is 15.9 Å². The predicted octanol–water partition coefficient (Wildman–Crippen LogP) is 3.70. The molecule has 0 aromatic heterocycles. The van der Waals surface area contributed by atoms with Crippen LogP contribution in [0.3, 0.4) is 0 Å². The first kappa shape index (κ1) is 17.1. The van der Waals surface area contributed by atoms with E-state index in [4.69, 9.17) is 18.9 Å². The van der Waals surface area contributed by atoms with Crippen LogP contribution in [-0.4, -0.2) is 33.4 Å². The third kappa shape index (κ3) is 5.17. The number of benzene rings is 2. The van der Waals surface area contributed by atoms with Gasteiger partial charge in [-0.1, -0.05) is 15.9 Å². The normalized spacial score (nSPS) is 10.0. The van der Waals surface area contributed by atoms with Gasteiger partial charge in [0.2, 0.25) is 0 Å². The van der Waals surface area contributed by atoms with Gasteiger partial charge in [0, 0.05) is 10.5 Å². The lowest BCUT2D eigenvalue weighted by atomic mass is 10.2. The molecule has 0 fully saturated rings. The molecule has 0 saturated heterocycles. The molecule has 23 heavy (non-hydrogen) atoms. The molecule has 0 unspecified atom stereocenters. The highest BCUT2D eigenvalue weighted by Gasteiger charge is 2.11. The Morgan fingerprint density at radius 2 is 1.52 bits per heavy atom. The molecule has 122 valence electrons. The van der Waals surface area contributed by atoms with E-state index in [9.17, 15) is 4.79 Å². The Morgan fingerprint density at radius 3 is 2.09 bits per heavy atom. The number of hydrogen-bond donors (Lipinski definition) is 0. The van der Waals surface area contributed by atoms with Crippen molar-refractivity contribution in [1.29, 1.82) is 0 Å². The monoisotopic (exact) mass is 380 g/mol. The molecular formula is C17H17BrO5. The lowest BCUT2D eigenvalue weighted by molar-refractivity contribution is 0.0449. The molecule has 6 heteroatoms. The van der Waals surface area contributed by atoms with E-state index in [1.807, 2.05) is 24.3 Å². The van der Waals surface area contributed by atoms with Gasteiger partial charge >= 0.3 is 5.97 Å². The van der Waals surface area contributed by atoms with E-state index in [1.165, 1.54) is 14.2 Å². The summed E-state index contributed by atoms with van der Waals surface area (Å²) in [6, 6.07) is 12.3. The molecule has 0 heterocycles. The average Bonchev–Trinajstić information content (AvgIpc) is 2.59. The summed E-state index contributed by atoms with van der Waals surface area (Å²) in [4.78, 5) is 12.0. The van der Waals surface area contributed by atoms with Gasteiger partial charge in [-0.05, 0) is 36.4 Å². The van der Waals surface area contributed by atoms with Crippen LogP contribution in [0.15, 0.2) is 46.9 Å². The lowest BCUT2D eigenvalue weighted by Gasteiger charge is -2.09. The van der Waals surface area contributed by atoms with E-state index in [2.05, 4.69) is 15.9 Å². The van der Waals surface area contributed by atoms with Crippen LogP contribution < -0.4 is 14.2 Å². The Hall–Kier alpha value is -2.21. The van der Waals surface area contributed by atoms with E-state index in [0.717, 1.165) is 4.47 Å². The number of rotatable bonds is 7. The molecule has 0 N–H and O–H groups in total. The first-order valence-corrected chi connectivity index (χ1v) is 7.70. The molecule has 0 radical (unpaired) electrons. The van der Waals surface area contributed by atoms with Crippen molar-refractivity contribution in [2.45, 2.75) is 0 Å². The minimum absolute atomic E-state index is 0.147. The summed E-state index contributed by atoms with van der Waals surface area (Å²) in [5.74, 6) is 1.32. The van der Waals surface area contributed by atoms with Gasteiger partial charge in [0.05, 0.1) is 19.8 Å². The molecular weight excluding hydrogens is 364 g/mol. The summed E-state index contributed by atoms with van der Waals surface area (Å²) in [6.07, 6.45) is 0. The van der Waals surface area contributed by atoms with Crippen molar-refractivity contribution < 1.29 is 23.7 Å². The Balaban J connectivity index is 1.86. The van der Waals surface area contributed by atoms with E-state index >= 15 is 0 Å². The van der Waals surface area contributed by atoms with E-state index in [0.29, 0.717) is 22.8 Å². The number of carbonyl (C=O) groups excluding carboxylic acids is 1. The standard InChI is InChI=1S/C17H17BrO5/c1-20-15-9-12(10-16(11-15)21-2)17(19)23-8-7-22-14-5-3-13(18)4-6-14/h3-6,9-11H,7-8H2,1-2H3. The summed E-state index contributed by atoms with van der Waals surface area (Å²) in [5, 5.41) is 0. The van der Waals surface area contributed by atoms with Gasteiger partial charge in [-0.2, -0.15) is 0 Å². The van der Waals surface area contributed by atoms with E-state index in [1.54, 1.807) is 18.2 Å². The van der Waals surface area contributed by atoms with Crippen LogP contribution in [0.5, 0.6) is 17.2 Å². The maximum atomic E-state index is 12.0. The quantitative estimate of drug-likeness (QED) is 0.541. The molecule has 0 saturated carbocycles. The van der Waals surface area contributed by atoms with Crippen molar-refractivity contribution in [1.82, 2.24) is 0 Å². The van der Waals surface area contributed by atoms with Crippen LogP contribution in [0.1, 0.15) is 10.4 Å². The highest BCUT2D eigenvalue weighted by atomic mass is 79.9. The molecule has 0 spiro atoms. The molecule has 0 atom stereocenters. The smallest absolute Gasteiger partial charge is 0.338 e. The van der Waals surface area contributed by atoms with Gasteiger partial charge in [0.15, 0.2) is 0 Å². The largest absolute Gasteiger partial charge is 0.497 e. The highest BCUT2D eigenvalue weighted by Crippen LogP contribution is 2.23. The minimum Gasteiger partial charge on any atom is -0.497 e. The second-order valence-electron chi connectivity index (χ2n) is 4.54. The minimum atomic E-state index is -0.457. The van der Waals surface area contributed by atoms with Crippen LogP contribution in [0.4, 0.5) is 0 Å². The van der Waals surface area contributed by atoms with Gasteiger partial charge in [0.1, 0.15) is 30.5 Å². The highest BCUT2D eigenvalue weighted by molar-refractivity contribution is 9.10. The zero-order chi connectivity index (χ0) is 16.7. The van der Waals surface area contributed by atoms with Crippen molar-refractivity contribution >= 4 is 21.9 Å². The number of methoxy groups -OCH3 is 2. The first-order valence-electron chi connectivity index (χ1n) is 6.91. The Labute approximate surface area is 143 Å². The lowest BCUT2D eigenvalue weighted by Crippen LogP contribution is -2.12. The Morgan fingerprint density at radius 1 is 0.913 bits per heavy atom.